The highest BCUT2D eigenvalue weighted by atomic mass is 35.5. The Balaban J connectivity index is 3.12. The number of aromatic nitrogens is 1. The molecular formula is C9H12ClNO. The Morgan fingerprint density at radius 2 is 2.17 bits per heavy atom. The maximum absolute atomic E-state index is 5.80. The fraction of sp³-hybridized carbons (Fsp3) is 0.444. The van der Waals surface area contributed by atoms with Crippen molar-refractivity contribution in [2.45, 2.75) is 19.8 Å². The van der Waals surface area contributed by atoms with Crippen LogP contribution in [0.5, 0.6) is 5.88 Å². The Kier molecular flexibility index (Phi) is 2.93. The number of ether oxygens (including phenoxy) is 1. The van der Waals surface area contributed by atoms with Crippen LogP contribution in [0.4, 0.5) is 0 Å². The molecule has 0 aliphatic heterocycles. The molecule has 1 rings (SSSR count). The van der Waals surface area contributed by atoms with Crippen LogP contribution in [0.25, 0.3) is 0 Å². The molecule has 0 radical (unpaired) electrons. The van der Waals surface area contributed by atoms with E-state index in [0.29, 0.717) is 16.8 Å². The average molecular weight is 186 g/mol. The Labute approximate surface area is 77.5 Å². The number of halogens is 1. The topological polar surface area (TPSA) is 22.1 Å². The molecule has 2 nitrogen and oxygen atoms in total. The van der Waals surface area contributed by atoms with Gasteiger partial charge in [0, 0.05) is 11.8 Å². The summed E-state index contributed by atoms with van der Waals surface area (Å²) in [6, 6.07) is 1.89. The van der Waals surface area contributed by atoms with Crippen LogP contribution >= 0.6 is 11.6 Å². The highest BCUT2D eigenvalue weighted by Gasteiger charge is 2.08. The van der Waals surface area contributed by atoms with E-state index >= 15 is 0 Å². The van der Waals surface area contributed by atoms with E-state index in [1.54, 1.807) is 13.3 Å². The maximum atomic E-state index is 5.80. The van der Waals surface area contributed by atoms with Crippen LogP contribution in [-0.4, -0.2) is 12.1 Å². The first-order valence-electron chi connectivity index (χ1n) is 3.84. The van der Waals surface area contributed by atoms with Crippen molar-refractivity contribution in [1.82, 2.24) is 4.98 Å². The van der Waals surface area contributed by atoms with E-state index in [0.717, 1.165) is 5.56 Å². The quantitative estimate of drug-likeness (QED) is 0.707. The minimum Gasteiger partial charge on any atom is -0.481 e. The lowest BCUT2D eigenvalue weighted by Crippen LogP contribution is -1.96. The van der Waals surface area contributed by atoms with E-state index in [2.05, 4.69) is 18.8 Å². The van der Waals surface area contributed by atoms with Crippen LogP contribution in [0.3, 0.4) is 0 Å². The van der Waals surface area contributed by atoms with Crippen LogP contribution in [0, 0.1) is 0 Å². The molecule has 1 aromatic heterocycles. The molecule has 66 valence electrons. The van der Waals surface area contributed by atoms with Crippen LogP contribution < -0.4 is 4.74 Å². The first-order chi connectivity index (χ1) is 5.65. The standard InChI is InChI=1S/C9H12ClNO/c1-6(2)8-4-7(10)5-11-9(8)12-3/h4-6H,1-3H3. The molecule has 0 N–H and O–H groups in total. The van der Waals surface area contributed by atoms with Crippen molar-refractivity contribution in [2.24, 2.45) is 0 Å². The summed E-state index contributed by atoms with van der Waals surface area (Å²) in [5.74, 6) is 1.04. The van der Waals surface area contributed by atoms with Crippen LogP contribution in [0.2, 0.25) is 5.02 Å². The van der Waals surface area contributed by atoms with Crippen LogP contribution in [-0.2, 0) is 0 Å². The molecule has 0 aromatic carbocycles. The highest BCUT2D eigenvalue weighted by molar-refractivity contribution is 6.30. The summed E-state index contributed by atoms with van der Waals surface area (Å²) in [5.41, 5.74) is 1.05. The Bertz CT molecular complexity index is 273. The molecule has 0 amide bonds. The fourth-order valence-electron chi connectivity index (χ4n) is 1.03. The Morgan fingerprint density at radius 1 is 1.50 bits per heavy atom. The number of methoxy groups -OCH3 is 1. The summed E-state index contributed by atoms with van der Waals surface area (Å²) >= 11 is 5.80. The van der Waals surface area contributed by atoms with Gasteiger partial charge < -0.3 is 4.74 Å². The molecule has 0 unspecified atom stereocenters. The number of nitrogens with zero attached hydrogens (tertiary/aromatic N) is 1. The summed E-state index contributed by atoms with van der Waals surface area (Å²) < 4.78 is 5.09. The largest absolute Gasteiger partial charge is 0.481 e. The maximum Gasteiger partial charge on any atom is 0.216 e. The average Bonchev–Trinajstić information content (AvgIpc) is 2.04. The predicted molar refractivity (Wildman–Crippen MR) is 49.9 cm³/mol. The van der Waals surface area contributed by atoms with Gasteiger partial charge in [0.15, 0.2) is 0 Å². The number of hydrogen-bond acceptors (Lipinski definition) is 2. The van der Waals surface area contributed by atoms with E-state index in [1.807, 2.05) is 6.07 Å². The monoisotopic (exact) mass is 185 g/mol. The molecule has 0 fully saturated rings. The summed E-state index contributed by atoms with van der Waals surface area (Å²) in [4.78, 5) is 4.06. The van der Waals surface area contributed by atoms with Crippen molar-refractivity contribution in [2.75, 3.05) is 7.11 Å². The van der Waals surface area contributed by atoms with Gasteiger partial charge in [-0.25, -0.2) is 4.98 Å². The third kappa shape index (κ3) is 1.89. The summed E-state index contributed by atoms with van der Waals surface area (Å²) in [7, 11) is 1.61. The van der Waals surface area contributed by atoms with E-state index in [1.165, 1.54) is 0 Å². The van der Waals surface area contributed by atoms with Gasteiger partial charge in [0.2, 0.25) is 5.88 Å². The van der Waals surface area contributed by atoms with Gasteiger partial charge in [0.1, 0.15) is 0 Å². The van der Waals surface area contributed by atoms with E-state index in [4.69, 9.17) is 16.3 Å². The molecular weight excluding hydrogens is 174 g/mol. The zero-order valence-corrected chi connectivity index (χ0v) is 8.22. The molecule has 1 heterocycles. The van der Waals surface area contributed by atoms with Gasteiger partial charge in [-0.2, -0.15) is 0 Å². The minimum atomic E-state index is 0.381. The SMILES string of the molecule is COc1ncc(Cl)cc1C(C)C. The molecule has 0 atom stereocenters. The molecule has 3 heteroatoms. The van der Waals surface area contributed by atoms with Crippen molar-refractivity contribution < 1.29 is 4.74 Å². The lowest BCUT2D eigenvalue weighted by atomic mass is 10.1. The minimum absolute atomic E-state index is 0.381. The van der Waals surface area contributed by atoms with Gasteiger partial charge in [-0.3, -0.25) is 0 Å². The predicted octanol–water partition coefficient (Wildman–Crippen LogP) is 2.87. The second-order valence-electron chi connectivity index (χ2n) is 2.91. The summed E-state index contributed by atoms with van der Waals surface area (Å²) in [6.07, 6.45) is 1.59. The van der Waals surface area contributed by atoms with Crippen molar-refractivity contribution in [3.63, 3.8) is 0 Å². The lowest BCUT2D eigenvalue weighted by molar-refractivity contribution is 0.390. The fourth-order valence-corrected chi connectivity index (χ4v) is 1.19. The van der Waals surface area contributed by atoms with Gasteiger partial charge in [-0.1, -0.05) is 25.4 Å². The molecule has 0 spiro atoms. The van der Waals surface area contributed by atoms with Gasteiger partial charge in [-0.05, 0) is 12.0 Å². The van der Waals surface area contributed by atoms with E-state index in [-0.39, 0.29) is 0 Å². The van der Waals surface area contributed by atoms with Crippen LogP contribution in [0.1, 0.15) is 25.3 Å². The summed E-state index contributed by atoms with van der Waals surface area (Å²) in [5, 5.41) is 0.652. The summed E-state index contributed by atoms with van der Waals surface area (Å²) in [6.45, 7) is 4.16. The third-order valence-electron chi connectivity index (χ3n) is 1.66. The second kappa shape index (κ2) is 3.76. The molecule has 0 saturated heterocycles. The lowest BCUT2D eigenvalue weighted by Gasteiger charge is -2.09. The van der Waals surface area contributed by atoms with Gasteiger partial charge >= 0.3 is 0 Å². The smallest absolute Gasteiger partial charge is 0.216 e. The molecule has 0 aliphatic carbocycles. The van der Waals surface area contributed by atoms with Crippen LogP contribution in [0.15, 0.2) is 12.3 Å². The molecule has 12 heavy (non-hydrogen) atoms. The third-order valence-corrected chi connectivity index (χ3v) is 1.87. The molecule has 1 aromatic rings. The Morgan fingerprint density at radius 3 is 2.67 bits per heavy atom. The molecule has 0 saturated carbocycles. The normalized spacial score (nSPS) is 10.4. The highest BCUT2D eigenvalue weighted by Crippen LogP contribution is 2.26. The molecule has 0 bridgehead atoms. The van der Waals surface area contributed by atoms with Gasteiger partial charge in [0.25, 0.3) is 0 Å². The zero-order valence-electron chi connectivity index (χ0n) is 7.47. The number of hydrogen-bond donors (Lipinski definition) is 0. The van der Waals surface area contributed by atoms with E-state index < -0.39 is 0 Å². The second-order valence-corrected chi connectivity index (χ2v) is 3.34. The van der Waals surface area contributed by atoms with E-state index in [9.17, 15) is 0 Å². The molecule has 0 aliphatic rings. The van der Waals surface area contributed by atoms with Crippen molar-refractivity contribution in [3.8, 4) is 5.88 Å². The Hall–Kier alpha value is -0.760. The number of rotatable bonds is 2. The zero-order chi connectivity index (χ0) is 9.14. The first kappa shape index (κ1) is 9.33. The van der Waals surface area contributed by atoms with Crippen molar-refractivity contribution >= 4 is 11.6 Å². The number of pyridine rings is 1. The first-order valence-corrected chi connectivity index (χ1v) is 4.22. The van der Waals surface area contributed by atoms with Crippen molar-refractivity contribution in [1.29, 1.82) is 0 Å². The van der Waals surface area contributed by atoms with Gasteiger partial charge in [-0.15, -0.1) is 0 Å². The van der Waals surface area contributed by atoms with Gasteiger partial charge in [0.05, 0.1) is 12.1 Å². The van der Waals surface area contributed by atoms with Crippen molar-refractivity contribution in [3.05, 3.63) is 22.8 Å².